The number of halogens is 1. The van der Waals surface area contributed by atoms with Gasteiger partial charge in [0.15, 0.2) is 0 Å². The quantitative estimate of drug-likeness (QED) is 0.760. The molecule has 0 heterocycles. The molecule has 0 aromatic heterocycles. The van der Waals surface area contributed by atoms with Crippen molar-refractivity contribution < 1.29 is 0 Å². The fourth-order valence-corrected chi connectivity index (χ4v) is 2.85. The maximum Gasteiger partial charge on any atom is 0.0545 e. The van der Waals surface area contributed by atoms with Gasteiger partial charge in [-0.15, -0.1) is 11.8 Å². The predicted molar refractivity (Wildman–Crippen MR) is 79.0 cm³/mol. The van der Waals surface area contributed by atoms with E-state index in [9.17, 15) is 0 Å². The van der Waals surface area contributed by atoms with Gasteiger partial charge < -0.3 is 5.32 Å². The largest absolute Gasteiger partial charge is 0.313 e. The van der Waals surface area contributed by atoms with Crippen LogP contribution in [0.15, 0.2) is 23.1 Å². The first-order chi connectivity index (χ1) is 8.06. The molecule has 1 atom stereocenters. The monoisotopic (exact) mass is 271 g/mol. The number of rotatable bonds is 6. The van der Waals surface area contributed by atoms with Crippen LogP contribution < -0.4 is 5.32 Å². The van der Waals surface area contributed by atoms with E-state index in [4.69, 9.17) is 11.6 Å². The lowest BCUT2D eigenvalue weighted by Gasteiger charge is -2.18. The summed E-state index contributed by atoms with van der Waals surface area (Å²) < 4.78 is 0. The molecule has 17 heavy (non-hydrogen) atoms. The van der Waals surface area contributed by atoms with Crippen LogP contribution in [0, 0.1) is 5.92 Å². The van der Waals surface area contributed by atoms with Gasteiger partial charge in [0.05, 0.1) is 5.02 Å². The molecule has 0 bridgehead atoms. The number of thioether (sulfide) groups is 1. The number of hydrogen-bond donors (Lipinski definition) is 1. The third kappa shape index (κ3) is 4.53. The Balaban J connectivity index is 2.87. The molecule has 0 amide bonds. The Hall–Kier alpha value is -0.180. The van der Waals surface area contributed by atoms with Crippen LogP contribution in [0.4, 0.5) is 0 Å². The molecule has 96 valence electrons. The zero-order valence-electron chi connectivity index (χ0n) is 11.1. The Labute approximate surface area is 114 Å². The average Bonchev–Trinajstić information content (AvgIpc) is 2.29. The Bertz CT molecular complexity index is 352. The number of nitrogens with one attached hydrogen (secondary N) is 1. The van der Waals surface area contributed by atoms with E-state index in [1.165, 1.54) is 10.5 Å². The summed E-state index contributed by atoms with van der Waals surface area (Å²) in [6.45, 7) is 10.8. The highest BCUT2D eigenvalue weighted by atomic mass is 35.5. The van der Waals surface area contributed by atoms with Gasteiger partial charge in [-0.2, -0.15) is 0 Å². The van der Waals surface area contributed by atoms with Crippen LogP contribution in [0.1, 0.15) is 33.3 Å². The van der Waals surface area contributed by atoms with E-state index < -0.39 is 0 Å². The molecule has 1 nitrogen and oxygen atoms in total. The highest BCUT2D eigenvalue weighted by molar-refractivity contribution is 8.00. The summed E-state index contributed by atoms with van der Waals surface area (Å²) in [5.74, 6) is 0.656. The van der Waals surface area contributed by atoms with E-state index in [-0.39, 0.29) is 0 Å². The van der Waals surface area contributed by atoms with Crippen LogP contribution in [-0.2, 0) is 6.54 Å². The normalized spacial score (nSPS) is 13.1. The molecule has 0 saturated carbocycles. The topological polar surface area (TPSA) is 12.0 Å². The van der Waals surface area contributed by atoms with Crippen molar-refractivity contribution >= 4 is 23.4 Å². The van der Waals surface area contributed by atoms with Crippen LogP contribution >= 0.6 is 23.4 Å². The molecule has 3 heteroatoms. The molecule has 1 aromatic carbocycles. The molecule has 1 aromatic rings. The van der Waals surface area contributed by atoms with E-state index in [1.807, 2.05) is 23.9 Å². The van der Waals surface area contributed by atoms with Crippen molar-refractivity contribution in [1.29, 1.82) is 0 Å². The first-order valence-corrected chi connectivity index (χ1v) is 7.46. The van der Waals surface area contributed by atoms with Gasteiger partial charge in [-0.05, 0) is 24.1 Å². The first kappa shape index (κ1) is 14.9. The lowest BCUT2D eigenvalue weighted by Crippen LogP contribution is -2.13. The molecule has 0 aliphatic carbocycles. The lowest BCUT2D eigenvalue weighted by atomic mass is 10.2. The van der Waals surface area contributed by atoms with Crippen LogP contribution in [0.25, 0.3) is 0 Å². The molecule has 0 aliphatic rings. The van der Waals surface area contributed by atoms with Gasteiger partial charge in [0.1, 0.15) is 0 Å². The molecule has 0 spiro atoms. The lowest BCUT2D eigenvalue weighted by molar-refractivity contribution is 0.641. The molecular formula is C14H22ClNS. The Morgan fingerprint density at radius 3 is 2.59 bits per heavy atom. The summed E-state index contributed by atoms with van der Waals surface area (Å²) in [6.07, 6.45) is 0. The van der Waals surface area contributed by atoms with Crippen molar-refractivity contribution in [2.75, 3.05) is 6.54 Å². The maximum absolute atomic E-state index is 6.31. The van der Waals surface area contributed by atoms with E-state index in [0.717, 1.165) is 18.1 Å². The van der Waals surface area contributed by atoms with Crippen molar-refractivity contribution in [1.82, 2.24) is 5.32 Å². The second-order valence-electron chi connectivity index (χ2n) is 4.58. The standard InChI is InChI=1S/C14H22ClNS/c1-5-16-9-12-7-6-8-13(15)14(12)17-11(4)10(2)3/h6-8,10-11,16H,5,9H2,1-4H3. The van der Waals surface area contributed by atoms with E-state index >= 15 is 0 Å². The number of benzene rings is 1. The summed E-state index contributed by atoms with van der Waals surface area (Å²) in [5.41, 5.74) is 1.30. The summed E-state index contributed by atoms with van der Waals surface area (Å²) in [4.78, 5) is 1.23. The van der Waals surface area contributed by atoms with Crippen LogP contribution in [0.3, 0.4) is 0 Å². The second kappa shape index (κ2) is 7.30. The Morgan fingerprint density at radius 1 is 1.29 bits per heavy atom. The van der Waals surface area contributed by atoms with Gasteiger partial charge in [-0.1, -0.05) is 51.4 Å². The van der Waals surface area contributed by atoms with Gasteiger partial charge in [-0.25, -0.2) is 0 Å². The second-order valence-corrected chi connectivity index (χ2v) is 6.37. The van der Waals surface area contributed by atoms with Gasteiger partial charge in [-0.3, -0.25) is 0 Å². The molecule has 1 rings (SSSR count). The fourth-order valence-electron chi connectivity index (χ4n) is 1.41. The van der Waals surface area contributed by atoms with Gasteiger partial charge in [0, 0.05) is 16.7 Å². The van der Waals surface area contributed by atoms with Crippen molar-refractivity contribution in [2.45, 2.75) is 44.4 Å². The van der Waals surface area contributed by atoms with Gasteiger partial charge in [0.25, 0.3) is 0 Å². The zero-order valence-corrected chi connectivity index (χ0v) is 12.7. The minimum absolute atomic E-state index is 0.579. The van der Waals surface area contributed by atoms with Gasteiger partial charge in [0.2, 0.25) is 0 Å². The molecular weight excluding hydrogens is 250 g/mol. The fraction of sp³-hybridized carbons (Fsp3) is 0.571. The Morgan fingerprint density at radius 2 is 2.00 bits per heavy atom. The average molecular weight is 272 g/mol. The van der Waals surface area contributed by atoms with Crippen molar-refractivity contribution in [3.63, 3.8) is 0 Å². The third-order valence-corrected chi connectivity index (χ3v) is 4.92. The smallest absolute Gasteiger partial charge is 0.0545 e. The summed E-state index contributed by atoms with van der Waals surface area (Å²) in [5, 5.41) is 4.81. The van der Waals surface area contributed by atoms with Crippen molar-refractivity contribution in [3.05, 3.63) is 28.8 Å². The molecule has 0 saturated heterocycles. The summed E-state index contributed by atoms with van der Waals surface area (Å²) >= 11 is 8.19. The SMILES string of the molecule is CCNCc1cccc(Cl)c1SC(C)C(C)C. The molecule has 1 unspecified atom stereocenters. The summed E-state index contributed by atoms with van der Waals surface area (Å²) in [7, 11) is 0. The highest BCUT2D eigenvalue weighted by Gasteiger charge is 2.14. The summed E-state index contributed by atoms with van der Waals surface area (Å²) in [6, 6.07) is 6.16. The van der Waals surface area contributed by atoms with Gasteiger partial charge >= 0.3 is 0 Å². The van der Waals surface area contributed by atoms with Crippen LogP contribution in [0.5, 0.6) is 0 Å². The molecule has 0 fully saturated rings. The molecule has 0 aliphatic heterocycles. The molecule has 1 N–H and O–H groups in total. The van der Waals surface area contributed by atoms with Crippen molar-refractivity contribution in [2.24, 2.45) is 5.92 Å². The van der Waals surface area contributed by atoms with E-state index in [2.05, 4.69) is 39.1 Å². The molecule has 0 radical (unpaired) electrons. The van der Waals surface area contributed by atoms with Crippen molar-refractivity contribution in [3.8, 4) is 0 Å². The number of hydrogen-bond acceptors (Lipinski definition) is 2. The minimum Gasteiger partial charge on any atom is -0.313 e. The Kier molecular flexibility index (Phi) is 6.39. The maximum atomic E-state index is 6.31. The predicted octanol–water partition coefficient (Wildman–Crippen LogP) is 4.59. The zero-order chi connectivity index (χ0) is 12.8. The van der Waals surface area contributed by atoms with Crippen LogP contribution in [-0.4, -0.2) is 11.8 Å². The highest BCUT2D eigenvalue weighted by Crippen LogP contribution is 2.35. The van der Waals surface area contributed by atoms with E-state index in [0.29, 0.717) is 11.2 Å². The van der Waals surface area contributed by atoms with E-state index in [1.54, 1.807) is 0 Å². The first-order valence-electron chi connectivity index (χ1n) is 6.21. The third-order valence-electron chi connectivity index (χ3n) is 2.86. The minimum atomic E-state index is 0.579. The van der Waals surface area contributed by atoms with Crippen LogP contribution in [0.2, 0.25) is 5.02 Å².